The molecule has 0 bridgehead atoms. The molecule has 8 heteroatoms. The Morgan fingerprint density at radius 2 is 1.55 bits per heavy atom. The van der Waals surface area contributed by atoms with Gasteiger partial charge < -0.3 is 8.60 Å². The van der Waals surface area contributed by atoms with Crippen molar-refractivity contribution in [1.29, 1.82) is 0 Å². The van der Waals surface area contributed by atoms with Crippen LogP contribution >= 0.6 is 0 Å². The molecule has 0 unspecified atom stereocenters. The summed E-state index contributed by atoms with van der Waals surface area (Å²) in [5, 5.41) is 0.230. The van der Waals surface area contributed by atoms with E-state index >= 15 is 0 Å². The van der Waals surface area contributed by atoms with Crippen LogP contribution in [0.3, 0.4) is 0 Å². The summed E-state index contributed by atoms with van der Waals surface area (Å²) in [4.78, 5) is 12.0. The van der Waals surface area contributed by atoms with Crippen LogP contribution in [-0.4, -0.2) is 8.42 Å². The quantitative estimate of drug-likeness (QED) is 0.460. The van der Waals surface area contributed by atoms with Gasteiger partial charge in [-0.2, -0.15) is 8.42 Å². The molecule has 4 aromatic rings. The lowest BCUT2D eigenvalue weighted by Gasteiger charge is -2.08. The number of halogens is 2. The van der Waals surface area contributed by atoms with E-state index in [1.54, 1.807) is 24.3 Å². The molecule has 1 aromatic heterocycles. The summed E-state index contributed by atoms with van der Waals surface area (Å²) in [7, 11) is -4.49. The van der Waals surface area contributed by atoms with Crippen molar-refractivity contribution in [2.45, 2.75) is 4.90 Å². The standard InChI is InChI=1S/C21H12F2O5S/c22-14-8-15(23)10-17(9-14)29(25,26)28-16-6-7-18-20(11-16)27-12-19(21(18)24)13-4-2-1-3-5-13/h1-12H. The van der Waals surface area contributed by atoms with Crippen LogP contribution in [0.15, 0.2) is 87.1 Å². The molecular formula is C21H12F2O5S. The zero-order valence-electron chi connectivity index (χ0n) is 14.6. The maximum Gasteiger partial charge on any atom is 0.339 e. The van der Waals surface area contributed by atoms with Crippen LogP contribution in [0.2, 0.25) is 0 Å². The predicted molar refractivity (Wildman–Crippen MR) is 102 cm³/mol. The summed E-state index contributed by atoms with van der Waals surface area (Å²) in [5.74, 6) is -2.27. The van der Waals surface area contributed by atoms with Crippen molar-refractivity contribution in [3.05, 3.63) is 94.9 Å². The highest BCUT2D eigenvalue weighted by molar-refractivity contribution is 7.87. The lowest BCUT2D eigenvalue weighted by Crippen LogP contribution is -2.11. The molecule has 5 nitrogen and oxygen atoms in total. The molecule has 0 atom stereocenters. The Balaban J connectivity index is 1.72. The molecule has 0 aliphatic rings. The van der Waals surface area contributed by atoms with Gasteiger partial charge in [0.1, 0.15) is 34.1 Å². The second-order valence-corrected chi connectivity index (χ2v) is 7.69. The molecule has 4 rings (SSSR count). The third kappa shape index (κ3) is 3.74. The fourth-order valence-electron chi connectivity index (χ4n) is 2.83. The van der Waals surface area contributed by atoms with Gasteiger partial charge in [0.05, 0.1) is 10.9 Å². The van der Waals surface area contributed by atoms with E-state index < -0.39 is 26.6 Å². The maximum absolute atomic E-state index is 13.3. The summed E-state index contributed by atoms with van der Waals surface area (Å²) in [6.07, 6.45) is 1.28. The van der Waals surface area contributed by atoms with Crippen molar-refractivity contribution < 1.29 is 25.8 Å². The molecule has 0 radical (unpaired) electrons. The fraction of sp³-hybridized carbons (Fsp3) is 0. The van der Waals surface area contributed by atoms with Crippen molar-refractivity contribution in [2.75, 3.05) is 0 Å². The van der Waals surface area contributed by atoms with Crippen LogP contribution in [0.25, 0.3) is 22.1 Å². The molecule has 0 spiro atoms. The van der Waals surface area contributed by atoms with Crippen molar-refractivity contribution in [3.8, 4) is 16.9 Å². The number of fused-ring (bicyclic) bond motifs is 1. The van der Waals surface area contributed by atoms with Gasteiger partial charge in [0.15, 0.2) is 5.43 Å². The minimum atomic E-state index is -4.49. The first-order valence-corrected chi connectivity index (χ1v) is 9.76. The number of hydrogen-bond acceptors (Lipinski definition) is 5. The zero-order chi connectivity index (χ0) is 20.6. The average Bonchev–Trinajstić information content (AvgIpc) is 2.68. The first kappa shape index (κ1) is 18.8. The number of rotatable bonds is 4. The van der Waals surface area contributed by atoms with E-state index in [4.69, 9.17) is 8.60 Å². The third-order valence-electron chi connectivity index (χ3n) is 4.16. The van der Waals surface area contributed by atoms with Gasteiger partial charge in [-0.15, -0.1) is 0 Å². The highest BCUT2D eigenvalue weighted by atomic mass is 32.2. The molecule has 0 N–H and O–H groups in total. The molecule has 1 heterocycles. The normalized spacial score (nSPS) is 11.5. The molecule has 146 valence electrons. The van der Waals surface area contributed by atoms with Gasteiger partial charge in [0, 0.05) is 12.1 Å². The van der Waals surface area contributed by atoms with Crippen LogP contribution < -0.4 is 9.61 Å². The smallest absolute Gasteiger partial charge is 0.339 e. The topological polar surface area (TPSA) is 73.6 Å². The minimum absolute atomic E-state index is 0.104. The molecule has 0 saturated heterocycles. The Morgan fingerprint density at radius 3 is 2.24 bits per heavy atom. The van der Waals surface area contributed by atoms with Gasteiger partial charge in [0.25, 0.3) is 0 Å². The third-order valence-corrected chi connectivity index (χ3v) is 5.39. The van der Waals surface area contributed by atoms with Gasteiger partial charge >= 0.3 is 10.1 Å². The molecule has 0 aliphatic carbocycles. The summed E-state index contributed by atoms with van der Waals surface area (Å²) in [5.41, 5.74) is 0.848. The fourth-order valence-corrected chi connectivity index (χ4v) is 3.79. The van der Waals surface area contributed by atoms with E-state index in [0.29, 0.717) is 29.3 Å². The average molecular weight is 414 g/mol. The van der Waals surface area contributed by atoms with Crippen molar-refractivity contribution in [1.82, 2.24) is 0 Å². The van der Waals surface area contributed by atoms with Crippen LogP contribution in [0, 0.1) is 11.6 Å². The number of hydrogen-bond donors (Lipinski definition) is 0. The van der Waals surface area contributed by atoms with E-state index in [0.717, 1.165) is 0 Å². The Kier molecular flexibility index (Phi) is 4.63. The monoisotopic (exact) mass is 414 g/mol. The molecule has 29 heavy (non-hydrogen) atoms. The highest BCUT2D eigenvalue weighted by Gasteiger charge is 2.20. The highest BCUT2D eigenvalue weighted by Crippen LogP contribution is 2.25. The van der Waals surface area contributed by atoms with Crippen molar-refractivity contribution in [2.24, 2.45) is 0 Å². The van der Waals surface area contributed by atoms with E-state index in [1.165, 1.54) is 24.5 Å². The van der Waals surface area contributed by atoms with Crippen LogP contribution in [0.4, 0.5) is 8.78 Å². The zero-order valence-corrected chi connectivity index (χ0v) is 15.5. The molecule has 3 aromatic carbocycles. The van der Waals surface area contributed by atoms with Gasteiger partial charge in [-0.1, -0.05) is 30.3 Å². The summed E-state index contributed by atoms with van der Waals surface area (Å²) in [6.45, 7) is 0. The Bertz CT molecular complexity index is 1360. The summed E-state index contributed by atoms with van der Waals surface area (Å²) in [6, 6.07) is 14.6. The summed E-state index contributed by atoms with van der Waals surface area (Å²) >= 11 is 0. The SMILES string of the molecule is O=c1c(-c2ccccc2)coc2cc(OS(=O)(=O)c3cc(F)cc(F)c3)ccc12. The maximum atomic E-state index is 13.3. The molecule has 0 amide bonds. The van der Waals surface area contributed by atoms with Crippen LogP contribution in [0.5, 0.6) is 5.75 Å². The van der Waals surface area contributed by atoms with Crippen LogP contribution in [0.1, 0.15) is 0 Å². The molecule has 0 fully saturated rings. The Hall–Kier alpha value is -3.52. The summed E-state index contributed by atoms with van der Waals surface area (Å²) < 4.78 is 61.7. The van der Waals surface area contributed by atoms with Crippen molar-refractivity contribution in [3.63, 3.8) is 0 Å². The van der Waals surface area contributed by atoms with Crippen molar-refractivity contribution >= 4 is 21.1 Å². The van der Waals surface area contributed by atoms with E-state index in [9.17, 15) is 22.0 Å². The van der Waals surface area contributed by atoms with E-state index in [2.05, 4.69) is 0 Å². The predicted octanol–water partition coefficient (Wildman–Crippen LogP) is 4.51. The lowest BCUT2D eigenvalue weighted by atomic mass is 10.1. The number of benzene rings is 3. The first-order valence-electron chi connectivity index (χ1n) is 8.35. The van der Waals surface area contributed by atoms with Gasteiger partial charge in [-0.3, -0.25) is 4.79 Å². The second-order valence-electron chi connectivity index (χ2n) is 6.15. The Labute approximate surface area is 163 Å². The lowest BCUT2D eigenvalue weighted by molar-refractivity contribution is 0.482. The Morgan fingerprint density at radius 1 is 0.862 bits per heavy atom. The molecule has 0 saturated carbocycles. The first-order chi connectivity index (χ1) is 13.8. The largest absolute Gasteiger partial charge is 0.463 e. The van der Waals surface area contributed by atoms with Gasteiger partial charge in [-0.05, 0) is 29.8 Å². The second kappa shape index (κ2) is 7.14. The van der Waals surface area contributed by atoms with Gasteiger partial charge in [-0.25, -0.2) is 8.78 Å². The van der Waals surface area contributed by atoms with Gasteiger partial charge in [0.2, 0.25) is 0 Å². The molecular weight excluding hydrogens is 402 g/mol. The minimum Gasteiger partial charge on any atom is -0.463 e. The molecule has 0 aliphatic heterocycles. The van der Waals surface area contributed by atoms with Crippen LogP contribution in [-0.2, 0) is 10.1 Å². The van der Waals surface area contributed by atoms with E-state index in [-0.39, 0.29) is 22.1 Å². The van der Waals surface area contributed by atoms with E-state index in [1.807, 2.05) is 6.07 Å².